The molecule has 0 saturated carbocycles. The Balaban J connectivity index is 2.38. The van der Waals surface area contributed by atoms with E-state index in [-0.39, 0.29) is 16.8 Å². The zero-order valence-electron chi connectivity index (χ0n) is 10.5. The minimum atomic E-state index is -1.15. The number of hydrogen-bond acceptors (Lipinski definition) is 4. The normalized spacial score (nSPS) is 10.1. The van der Waals surface area contributed by atoms with E-state index < -0.39 is 17.8 Å². The van der Waals surface area contributed by atoms with E-state index in [1.807, 2.05) is 0 Å². The number of halogens is 1. The number of esters is 1. The van der Waals surface area contributed by atoms with Crippen LogP contribution in [-0.4, -0.2) is 29.1 Å². The molecule has 5 nitrogen and oxygen atoms in total. The summed E-state index contributed by atoms with van der Waals surface area (Å²) in [6, 6.07) is 6.64. The Morgan fingerprint density at radius 2 is 2.00 bits per heavy atom. The maximum absolute atomic E-state index is 13.9. The fraction of sp³-hybridized carbons (Fsp3) is 0.0714. The van der Waals surface area contributed by atoms with Crippen LogP contribution in [-0.2, 0) is 4.74 Å². The predicted molar refractivity (Wildman–Crippen MR) is 67.9 cm³/mol. The molecule has 1 aromatic heterocycles. The van der Waals surface area contributed by atoms with E-state index in [0.29, 0.717) is 5.56 Å². The van der Waals surface area contributed by atoms with Gasteiger partial charge in [0.05, 0.1) is 12.7 Å². The molecule has 0 unspecified atom stereocenters. The number of nitrogens with zero attached hydrogens (tertiary/aromatic N) is 1. The maximum Gasteiger partial charge on any atom is 0.354 e. The summed E-state index contributed by atoms with van der Waals surface area (Å²) < 4.78 is 18.4. The van der Waals surface area contributed by atoms with Crippen molar-refractivity contribution in [3.8, 4) is 11.1 Å². The van der Waals surface area contributed by atoms with Crippen LogP contribution in [0.25, 0.3) is 11.1 Å². The summed E-state index contributed by atoms with van der Waals surface area (Å²) in [5, 5.41) is 8.74. The number of benzene rings is 1. The molecule has 102 valence electrons. The van der Waals surface area contributed by atoms with Crippen LogP contribution >= 0.6 is 0 Å². The molecule has 0 aliphatic heterocycles. The Labute approximate surface area is 113 Å². The lowest BCUT2D eigenvalue weighted by Gasteiger charge is -2.05. The smallest absolute Gasteiger partial charge is 0.354 e. The zero-order chi connectivity index (χ0) is 14.7. The molecule has 0 fully saturated rings. The SMILES string of the molecule is COC(=O)c1ccc(-c2ccc(C(=O)O)nc2)c(F)c1. The van der Waals surface area contributed by atoms with Crippen molar-refractivity contribution in [2.45, 2.75) is 0 Å². The van der Waals surface area contributed by atoms with Crippen molar-refractivity contribution in [1.82, 2.24) is 4.98 Å². The van der Waals surface area contributed by atoms with Gasteiger partial charge in [-0.2, -0.15) is 0 Å². The first-order valence-electron chi connectivity index (χ1n) is 5.60. The second kappa shape index (κ2) is 5.48. The van der Waals surface area contributed by atoms with E-state index in [2.05, 4.69) is 9.72 Å². The van der Waals surface area contributed by atoms with Crippen molar-refractivity contribution in [3.05, 3.63) is 53.6 Å². The summed E-state index contributed by atoms with van der Waals surface area (Å²) in [5.41, 5.74) is 0.621. The van der Waals surface area contributed by atoms with Crippen LogP contribution in [0.4, 0.5) is 4.39 Å². The largest absolute Gasteiger partial charge is 0.477 e. The van der Waals surface area contributed by atoms with Gasteiger partial charge in [-0.1, -0.05) is 12.1 Å². The van der Waals surface area contributed by atoms with E-state index in [9.17, 15) is 14.0 Å². The van der Waals surface area contributed by atoms with Gasteiger partial charge < -0.3 is 9.84 Å². The van der Waals surface area contributed by atoms with Gasteiger partial charge in [0.2, 0.25) is 0 Å². The monoisotopic (exact) mass is 275 g/mol. The lowest BCUT2D eigenvalue weighted by atomic mass is 10.0. The summed E-state index contributed by atoms with van der Waals surface area (Å²) in [5.74, 6) is -2.40. The van der Waals surface area contributed by atoms with Crippen molar-refractivity contribution >= 4 is 11.9 Å². The van der Waals surface area contributed by atoms with Gasteiger partial charge in [-0.3, -0.25) is 0 Å². The highest BCUT2D eigenvalue weighted by atomic mass is 19.1. The number of ether oxygens (including phenoxy) is 1. The minimum absolute atomic E-state index is 0.101. The van der Waals surface area contributed by atoms with Gasteiger partial charge in [-0.25, -0.2) is 19.0 Å². The van der Waals surface area contributed by atoms with Gasteiger partial charge in [0.25, 0.3) is 0 Å². The van der Waals surface area contributed by atoms with Gasteiger partial charge in [-0.05, 0) is 18.2 Å². The topological polar surface area (TPSA) is 76.5 Å². The summed E-state index contributed by atoms with van der Waals surface area (Å²) in [4.78, 5) is 25.7. The first-order chi connectivity index (χ1) is 9.52. The van der Waals surface area contributed by atoms with Crippen molar-refractivity contribution < 1.29 is 23.8 Å². The maximum atomic E-state index is 13.9. The quantitative estimate of drug-likeness (QED) is 0.870. The number of carboxylic acid groups (broad SMARTS) is 1. The number of pyridine rings is 1. The van der Waals surface area contributed by atoms with Crippen LogP contribution in [0.3, 0.4) is 0 Å². The van der Waals surface area contributed by atoms with Gasteiger partial charge in [0.1, 0.15) is 11.5 Å². The average molecular weight is 275 g/mol. The number of rotatable bonds is 3. The molecule has 0 atom stereocenters. The predicted octanol–water partition coefficient (Wildman–Crippen LogP) is 2.37. The molecule has 0 amide bonds. The number of carboxylic acids is 1. The fourth-order valence-electron chi connectivity index (χ4n) is 1.67. The second-order valence-electron chi connectivity index (χ2n) is 3.92. The molecule has 1 N–H and O–H groups in total. The van der Waals surface area contributed by atoms with Crippen LogP contribution in [0, 0.1) is 5.82 Å². The van der Waals surface area contributed by atoms with E-state index in [0.717, 1.165) is 6.07 Å². The molecule has 20 heavy (non-hydrogen) atoms. The van der Waals surface area contributed by atoms with Crippen LogP contribution in [0.15, 0.2) is 36.5 Å². The third kappa shape index (κ3) is 2.64. The standard InChI is InChI=1S/C14H10FNO4/c1-20-14(19)8-2-4-10(11(15)6-8)9-3-5-12(13(17)18)16-7-9/h2-7H,1H3,(H,17,18). The molecular weight excluding hydrogens is 265 g/mol. The van der Waals surface area contributed by atoms with Crippen LogP contribution < -0.4 is 0 Å². The van der Waals surface area contributed by atoms with Gasteiger partial charge >= 0.3 is 11.9 Å². The number of methoxy groups -OCH3 is 1. The molecule has 0 radical (unpaired) electrons. The fourth-order valence-corrected chi connectivity index (χ4v) is 1.67. The van der Waals surface area contributed by atoms with Crippen LogP contribution in [0.5, 0.6) is 0 Å². The lowest BCUT2D eigenvalue weighted by Crippen LogP contribution is -2.02. The molecule has 0 aliphatic rings. The molecule has 0 bridgehead atoms. The first-order valence-corrected chi connectivity index (χ1v) is 5.60. The van der Waals surface area contributed by atoms with E-state index in [4.69, 9.17) is 5.11 Å². The summed E-state index contributed by atoms with van der Waals surface area (Å²) >= 11 is 0. The molecule has 2 aromatic rings. The summed E-state index contributed by atoms with van der Waals surface area (Å²) in [6.07, 6.45) is 1.26. The summed E-state index contributed by atoms with van der Waals surface area (Å²) in [7, 11) is 1.21. The van der Waals surface area contributed by atoms with Gasteiger partial charge in [0, 0.05) is 17.3 Å². The van der Waals surface area contributed by atoms with E-state index in [1.54, 1.807) is 0 Å². The molecule has 1 aromatic carbocycles. The summed E-state index contributed by atoms with van der Waals surface area (Å²) in [6.45, 7) is 0. The molecule has 1 heterocycles. The number of aromatic carboxylic acids is 1. The van der Waals surface area contributed by atoms with Crippen molar-refractivity contribution in [2.24, 2.45) is 0 Å². The molecule has 0 saturated heterocycles. The third-order valence-electron chi connectivity index (χ3n) is 2.68. The van der Waals surface area contributed by atoms with E-state index in [1.165, 1.54) is 37.6 Å². The van der Waals surface area contributed by atoms with Crippen LogP contribution in [0.1, 0.15) is 20.8 Å². The van der Waals surface area contributed by atoms with Crippen molar-refractivity contribution in [2.75, 3.05) is 7.11 Å². The van der Waals surface area contributed by atoms with Crippen molar-refractivity contribution in [3.63, 3.8) is 0 Å². The lowest BCUT2D eigenvalue weighted by molar-refractivity contribution is 0.0599. The zero-order valence-corrected chi connectivity index (χ0v) is 10.5. The molecular formula is C14H10FNO4. The highest BCUT2D eigenvalue weighted by Gasteiger charge is 2.12. The third-order valence-corrected chi connectivity index (χ3v) is 2.68. The Morgan fingerprint density at radius 3 is 2.50 bits per heavy atom. The minimum Gasteiger partial charge on any atom is -0.477 e. The average Bonchev–Trinajstić information content (AvgIpc) is 2.46. The Morgan fingerprint density at radius 1 is 1.25 bits per heavy atom. The van der Waals surface area contributed by atoms with Gasteiger partial charge in [-0.15, -0.1) is 0 Å². The number of hydrogen-bond donors (Lipinski definition) is 1. The number of aromatic nitrogens is 1. The number of carbonyl (C=O) groups excluding carboxylic acids is 1. The Kier molecular flexibility index (Phi) is 3.74. The molecule has 2 rings (SSSR count). The Bertz CT molecular complexity index is 667. The Hall–Kier alpha value is -2.76. The van der Waals surface area contributed by atoms with E-state index >= 15 is 0 Å². The second-order valence-corrected chi connectivity index (χ2v) is 3.92. The molecule has 0 aliphatic carbocycles. The molecule has 6 heteroatoms. The highest BCUT2D eigenvalue weighted by Crippen LogP contribution is 2.23. The first kappa shape index (κ1) is 13.7. The van der Waals surface area contributed by atoms with Crippen molar-refractivity contribution in [1.29, 1.82) is 0 Å². The van der Waals surface area contributed by atoms with Crippen LogP contribution in [0.2, 0.25) is 0 Å². The number of carbonyl (C=O) groups is 2. The van der Waals surface area contributed by atoms with Gasteiger partial charge in [0.15, 0.2) is 0 Å². The highest BCUT2D eigenvalue weighted by molar-refractivity contribution is 5.90. The molecule has 0 spiro atoms.